The Hall–Kier alpha value is -2.44. The summed E-state index contributed by atoms with van der Waals surface area (Å²) in [5.41, 5.74) is 6.06. The molecule has 1 unspecified atom stereocenters. The number of benzene rings is 1. The fourth-order valence-electron chi connectivity index (χ4n) is 2.32. The normalized spacial score (nSPS) is 12.5. The third kappa shape index (κ3) is 3.01. The molecule has 0 aliphatic rings. The molecule has 0 radical (unpaired) electrons. The monoisotopic (exact) mass is 282 g/mol. The van der Waals surface area contributed by atoms with Crippen molar-refractivity contribution in [1.29, 1.82) is 0 Å². The molecular weight excluding hydrogens is 264 g/mol. The summed E-state index contributed by atoms with van der Waals surface area (Å²) in [5.74, 6) is 5.69. The Labute approximate surface area is 123 Å². The SMILES string of the molecule is Cn1cc(CC(NN)c2cnn(-c3ccccc3)c2)cn1. The van der Waals surface area contributed by atoms with Crippen molar-refractivity contribution in [1.82, 2.24) is 25.0 Å². The number of para-hydroxylation sites is 1. The van der Waals surface area contributed by atoms with Gasteiger partial charge in [0.2, 0.25) is 0 Å². The molecule has 3 aromatic rings. The number of nitrogens with two attached hydrogens (primary N) is 1. The van der Waals surface area contributed by atoms with Crippen molar-refractivity contribution in [3.63, 3.8) is 0 Å². The van der Waals surface area contributed by atoms with E-state index in [1.54, 1.807) is 4.68 Å². The second-order valence-electron chi connectivity index (χ2n) is 5.00. The van der Waals surface area contributed by atoms with Crippen molar-refractivity contribution in [2.24, 2.45) is 12.9 Å². The van der Waals surface area contributed by atoms with E-state index in [2.05, 4.69) is 15.6 Å². The summed E-state index contributed by atoms with van der Waals surface area (Å²) in [6.07, 6.45) is 8.45. The third-order valence-corrected chi connectivity index (χ3v) is 3.43. The minimum Gasteiger partial charge on any atom is -0.276 e. The first kappa shape index (κ1) is 13.5. The predicted octanol–water partition coefficient (Wildman–Crippen LogP) is 1.35. The van der Waals surface area contributed by atoms with Crippen LogP contribution in [-0.2, 0) is 13.5 Å². The number of nitrogens with one attached hydrogen (secondary N) is 1. The number of hydrogen-bond donors (Lipinski definition) is 2. The van der Waals surface area contributed by atoms with Crippen LogP contribution in [0.5, 0.6) is 0 Å². The highest BCUT2D eigenvalue weighted by atomic mass is 15.3. The molecule has 6 nitrogen and oxygen atoms in total. The van der Waals surface area contributed by atoms with Crippen molar-refractivity contribution in [3.05, 3.63) is 66.2 Å². The summed E-state index contributed by atoms with van der Waals surface area (Å²) >= 11 is 0. The third-order valence-electron chi connectivity index (χ3n) is 3.43. The van der Waals surface area contributed by atoms with Gasteiger partial charge in [0, 0.05) is 25.0 Å². The Kier molecular flexibility index (Phi) is 3.81. The van der Waals surface area contributed by atoms with Crippen LogP contribution in [0.4, 0.5) is 0 Å². The minimum absolute atomic E-state index is 0.00617. The first-order valence-electron chi connectivity index (χ1n) is 6.80. The zero-order chi connectivity index (χ0) is 14.7. The van der Waals surface area contributed by atoms with Gasteiger partial charge in [-0.25, -0.2) is 4.68 Å². The van der Waals surface area contributed by atoms with Crippen LogP contribution in [0.25, 0.3) is 5.69 Å². The Balaban J connectivity index is 1.80. The van der Waals surface area contributed by atoms with Gasteiger partial charge in [-0.1, -0.05) is 18.2 Å². The van der Waals surface area contributed by atoms with Crippen LogP contribution in [0.15, 0.2) is 55.1 Å². The predicted molar refractivity (Wildman–Crippen MR) is 80.5 cm³/mol. The molecule has 1 atom stereocenters. The van der Waals surface area contributed by atoms with E-state index in [4.69, 9.17) is 5.84 Å². The Bertz CT molecular complexity index is 700. The molecule has 3 rings (SSSR count). The highest BCUT2D eigenvalue weighted by Gasteiger charge is 2.14. The first-order valence-corrected chi connectivity index (χ1v) is 6.80. The quantitative estimate of drug-likeness (QED) is 0.547. The van der Waals surface area contributed by atoms with Gasteiger partial charge in [0.05, 0.1) is 24.1 Å². The van der Waals surface area contributed by atoms with Gasteiger partial charge in [0.1, 0.15) is 0 Å². The molecule has 0 saturated carbocycles. The van der Waals surface area contributed by atoms with Crippen LogP contribution < -0.4 is 11.3 Å². The number of aromatic nitrogens is 4. The van der Waals surface area contributed by atoms with E-state index in [-0.39, 0.29) is 6.04 Å². The van der Waals surface area contributed by atoms with Crippen LogP contribution in [0.1, 0.15) is 17.2 Å². The average molecular weight is 282 g/mol. The van der Waals surface area contributed by atoms with Gasteiger partial charge in [0.15, 0.2) is 0 Å². The number of rotatable bonds is 5. The molecule has 0 spiro atoms. The number of hydrazine groups is 1. The maximum absolute atomic E-state index is 5.69. The van der Waals surface area contributed by atoms with Crippen molar-refractivity contribution < 1.29 is 0 Å². The summed E-state index contributed by atoms with van der Waals surface area (Å²) in [5, 5.41) is 8.58. The van der Waals surface area contributed by atoms with Crippen LogP contribution in [0, 0.1) is 0 Å². The van der Waals surface area contributed by atoms with Crippen LogP contribution in [0.2, 0.25) is 0 Å². The van der Waals surface area contributed by atoms with E-state index in [0.29, 0.717) is 0 Å². The lowest BCUT2D eigenvalue weighted by atomic mass is 10.1. The fourth-order valence-corrected chi connectivity index (χ4v) is 2.32. The lowest BCUT2D eigenvalue weighted by Gasteiger charge is -2.12. The molecule has 2 heterocycles. The molecular formula is C15H18N6. The zero-order valence-corrected chi connectivity index (χ0v) is 11.8. The van der Waals surface area contributed by atoms with Crippen molar-refractivity contribution >= 4 is 0 Å². The molecule has 0 amide bonds. The highest BCUT2D eigenvalue weighted by Crippen LogP contribution is 2.18. The molecule has 0 bridgehead atoms. The van der Waals surface area contributed by atoms with Gasteiger partial charge < -0.3 is 0 Å². The summed E-state index contributed by atoms with van der Waals surface area (Å²) in [7, 11) is 1.90. The van der Waals surface area contributed by atoms with Crippen molar-refractivity contribution in [2.45, 2.75) is 12.5 Å². The standard InChI is InChI=1S/C15H18N6/c1-20-10-12(8-17-20)7-15(19-16)13-9-18-21(11-13)14-5-3-2-4-6-14/h2-6,8-11,15,19H,7,16H2,1H3. The molecule has 2 aromatic heterocycles. The second kappa shape index (κ2) is 5.90. The summed E-state index contributed by atoms with van der Waals surface area (Å²) in [6.45, 7) is 0. The molecule has 3 N–H and O–H groups in total. The van der Waals surface area contributed by atoms with Gasteiger partial charge >= 0.3 is 0 Å². The van der Waals surface area contributed by atoms with Crippen LogP contribution >= 0.6 is 0 Å². The van der Waals surface area contributed by atoms with E-state index in [9.17, 15) is 0 Å². The molecule has 0 aliphatic heterocycles. The van der Waals surface area contributed by atoms with Crippen LogP contribution in [0.3, 0.4) is 0 Å². The van der Waals surface area contributed by atoms with E-state index >= 15 is 0 Å². The lowest BCUT2D eigenvalue weighted by molar-refractivity contribution is 0.551. The van der Waals surface area contributed by atoms with Crippen molar-refractivity contribution in [3.8, 4) is 5.69 Å². The maximum Gasteiger partial charge on any atom is 0.0645 e. The number of nitrogens with zero attached hydrogens (tertiary/aromatic N) is 4. The minimum atomic E-state index is 0.00617. The summed E-state index contributed by atoms with van der Waals surface area (Å²) < 4.78 is 3.64. The summed E-state index contributed by atoms with van der Waals surface area (Å²) in [4.78, 5) is 0. The van der Waals surface area contributed by atoms with Gasteiger partial charge in [-0.15, -0.1) is 0 Å². The first-order chi connectivity index (χ1) is 10.3. The van der Waals surface area contributed by atoms with Gasteiger partial charge in [-0.05, 0) is 24.1 Å². The second-order valence-corrected chi connectivity index (χ2v) is 5.00. The molecule has 6 heteroatoms. The zero-order valence-electron chi connectivity index (χ0n) is 11.8. The van der Waals surface area contributed by atoms with Crippen LogP contribution in [-0.4, -0.2) is 19.6 Å². The smallest absolute Gasteiger partial charge is 0.0645 e. The van der Waals surface area contributed by atoms with E-state index < -0.39 is 0 Å². The van der Waals surface area contributed by atoms with Gasteiger partial charge in [0.25, 0.3) is 0 Å². The molecule has 21 heavy (non-hydrogen) atoms. The molecule has 0 fully saturated rings. The van der Waals surface area contributed by atoms with E-state index in [0.717, 1.165) is 23.2 Å². The van der Waals surface area contributed by atoms with Crippen molar-refractivity contribution in [2.75, 3.05) is 0 Å². The molecule has 0 aliphatic carbocycles. The number of hydrogen-bond acceptors (Lipinski definition) is 4. The summed E-state index contributed by atoms with van der Waals surface area (Å²) in [6, 6.07) is 10.0. The Morgan fingerprint density at radius 1 is 1.14 bits per heavy atom. The molecule has 1 aromatic carbocycles. The molecule has 0 saturated heterocycles. The van der Waals surface area contributed by atoms with E-state index in [1.807, 2.05) is 66.8 Å². The number of aryl methyl sites for hydroxylation is 1. The largest absolute Gasteiger partial charge is 0.276 e. The molecule has 108 valence electrons. The highest BCUT2D eigenvalue weighted by molar-refractivity contribution is 5.31. The van der Waals surface area contributed by atoms with E-state index in [1.165, 1.54) is 0 Å². The topological polar surface area (TPSA) is 73.7 Å². The average Bonchev–Trinajstić information content (AvgIpc) is 3.15. The Morgan fingerprint density at radius 3 is 2.62 bits per heavy atom. The fraction of sp³-hybridized carbons (Fsp3) is 0.200. The van der Waals surface area contributed by atoms with Gasteiger partial charge in [-0.2, -0.15) is 10.2 Å². The Morgan fingerprint density at radius 2 is 1.95 bits per heavy atom. The van der Waals surface area contributed by atoms with Gasteiger partial charge in [-0.3, -0.25) is 16.0 Å². The maximum atomic E-state index is 5.69. The lowest BCUT2D eigenvalue weighted by Crippen LogP contribution is -2.29.